The number of benzene rings is 2. The van der Waals surface area contributed by atoms with Crippen LogP contribution in [0.5, 0.6) is 11.5 Å². The average molecular weight is 431 g/mol. The summed E-state index contributed by atoms with van der Waals surface area (Å²) in [7, 11) is 3.20. The van der Waals surface area contributed by atoms with Gasteiger partial charge in [-0.2, -0.15) is 0 Å². The third-order valence-electron chi connectivity index (χ3n) is 5.40. The van der Waals surface area contributed by atoms with E-state index in [4.69, 9.17) is 21.1 Å². The predicted octanol–water partition coefficient (Wildman–Crippen LogP) is 3.74. The highest BCUT2D eigenvalue weighted by molar-refractivity contribution is 6.30. The van der Waals surface area contributed by atoms with Crippen molar-refractivity contribution in [3.05, 3.63) is 58.6 Å². The van der Waals surface area contributed by atoms with Crippen LogP contribution in [-0.4, -0.2) is 50.6 Å². The number of carbonyl (C=O) groups is 2. The SMILES string of the molecule is CCCNC(=O)[C@H]1CN(C(=O)c2cccc(Cl)c2)C[C@@H]1c1cc(OC)ccc1OC. The molecule has 30 heavy (non-hydrogen) atoms. The Bertz CT molecular complexity index is 918. The molecule has 1 aliphatic rings. The lowest BCUT2D eigenvalue weighted by molar-refractivity contribution is -0.124. The number of carbonyl (C=O) groups excluding carboxylic acids is 2. The molecule has 0 bridgehead atoms. The molecule has 3 rings (SSSR count). The molecule has 0 unspecified atom stereocenters. The Morgan fingerprint density at radius 1 is 1.13 bits per heavy atom. The lowest BCUT2D eigenvalue weighted by Crippen LogP contribution is -2.36. The van der Waals surface area contributed by atoms with Crippen LogP contribution in [0.4, 0.5) is 0 Å². The molecule has 0 spiro atoms. The van der Waals surface area contributed by atoms with Gasteiger partial charge in [-0.1, -0.05) is 24.6 Å². The van der Waals surface area contributed by atoms with Gasteiger partial charge in [0, 0.05) is 41.7 Å². The van der Waals surface area contributed by atoms with Crippen LogP contribution < -0.4 is 14.8 Å². The van der Waals surface area contributed by atoms with Gasteiger partial charge in [0.25, 0.3) is 5.91 Å². The highest BCUT2D eigenvalue weighted by Crippen LogP contribution is 2.40. The van der Waals surface area contributed by atoms with Gasteiger partial charge in [-0.15, -0.1) is 0 Å². The number of halogens is 1. The molecular formula is C23H27ClN2O4. The van der Waals surface area contributed by atoms with E-state index in [1.165, 1.54) is 0 Å². The summed E-state index contributed by atoms with van der Waals surface area (Å²) in [4.78, 5) is 27.8. The van der Waals surface area contributed by atoms with Gasteiger partial charge in [0.2, 0.25) is 5.91 Å². The number of ether oxygens (including phenoxy) is 2. The zero-order valence-corrected chi connectivity index (χ0v) is 18.2. The first-order valence-electron chi connectivity index (χ1n) is 10.0. The second-order valence-electron chi connectivity index (χ2n) is 7.33. The van der Waals surface area contributed by atoms with E-state index in [0.29, 0.717) is 41.7 Å². The summed E-state index contributed by atoms with van der Waals surface area (Å²) in [6.45, 7) is 3.33. The average Bonchev–Trinajstić information content (AvgIpc) is 3.21. The maximum Gasteiger partial charge on any atom is 0.253 e. The first-order chi connectivity index (χ1) is 14.5. The zero-order chi connectivity index (χ0) is 21.7. The predicted molar refractivity (Wildman–Crippen MR) is 116 cm³/mol. The summed E-state index contributed by atoms with van der Waals surface area (Å²) in [5.41, 5.74) is 1.36. The molecule has 1 fully saturated rings. The number of nitrogens with one attached hydrogen (secondary N) is 1. The van der Waals surface area contributed by atoms with Crippen LogP contribution in [0.2, 0.25) is 5.02 Å². The summed E-state index contributed by atoms with van der Waals surface area (Å²) < 4.78 is 10.9. The highest BCUT2D eigenvalue weighted by Gasteiger charge is 2.41. The zero-order valence-electron chi connectivity index (χ0n) is 17.5. The smallest absolute Gasteiger partial charge is 0.253 e. The topological polar surface area (TPSA) is 67.9 Å². The van der Waals surface area contributed by atoms with Gasteiger partial charge in [-0.25, -0.2) is 0 Å². The first-order valence-corrected chi connectivity index (χ1v) is 10.4. The van der Waals surface area contributed by atoms with Crippen LogP contribution in [0.15, 0.2) is 42.5 Å². The second kappa shape index (κ2) is 9.85. The molecule has 2 amide bonds. The van der Waals surface area contributed by atoms with Crippen LogP contribution in [-0.2, 0) is 4.79 Å². The van der Waals surface area contributed by atoms with Crippen molar-refractivity contribution in [2.24, 2.45) is 5.92 Å². The number of rotatable bonds is 7. The van der Waals surface area contributed by atoms with Crippen LogP contribution in [0, 0.1) is 5.92 Å². The highest BCUT2D eigenvalue weighted by atomic mass is 35.5. The van der Waals surface area contributed by atoms with E-state index >= 15 is 0 Å². The van der Waals surface area contributed by atoms with Crippen molar-refractivity contribution in [3.63, 3.8) is 0 Å². The Kier molecular flexibility index (Phi) is 7.21. The summed E-state index contributed by atoms with van der Waals surface area (Å²) in [6, 6.07) is 12.4. The number of methoxy groups -OCH3 is 2. The number of hydrogen-bond donors (Lipinski definition) is 1. The lowest BCUT2D eigenvalue weighted by atomic mass is 9.87. The van der Waals surface area contributed by atoms with Gasteiger partial charge >= 0.3 is 0 Å². The molecule has 0 saturated carbocycles. The summed E-state index contributed by atoms with van der Waals surface area (Å²) in [5, 5.41) is 3.48. The largest absolute Gasteiger partial charge is 0.497 e. The molecule has 1 aliphatic heterocycles. The Morgan fingerprint density at radius 2 is 1.93 bits per heavy atom. The fourth-order valence-corrected chi connectivity index (χ4v) is 4.05. The van der Waals surface area contributed by atoms with Crippen molar-refractivity contribution in [1.82, 2.24) is 10.2 Å². The molecule has 0 aliphatic carbocycles. The monoisotopic (exact) mass is 430 g/mol. The second-order valence-corrected chi connectivity index (χ2v) is 7.77. The Labute approximate surface area is 182 Å². The van der Waals surface area contributed by atoms with Gasteiger partial charge in [-0.05, 0) is 42.8 Å². The van der Waals surface area contributed by atoms with Crippen molar-refractivity contribution in [3.8, 4) is 11.5 Å². The normalized spacial score (nSPS) is 18.2. The van der Waals surface area contributed by atoms with Crippen molar-refractivity contribution in [2.45, 2.75) is 19.3 Å². The van der Waals surface area contributed by atoms with E-state index in [9.17, 15) is 9.59 Å². The number of nitrogens with zero attached hydrogens (tertiary/aromatic N) is 1. The minimum absolute atomic E-state index is 0.0619. The fraction of sp³-hybridized carbons (Fsp3) is 0.391. The Balaban J connectivity index is 1.95. The van der Waals surface area contributed by atoms with E-state index in [2.05, 4.69) is 5.32 Å². The molecule has 1 N–H and O–H groups in total. The third kappa shape index (κ3) is 4.70. The molecule has 160 valence electrons. The van der Waals surface area contributed by atoms with E-state index in [1.54, 1.807) is 43.4 Å². The van der Waals surface area contributed by atoms with Gasteiger partial charge in [-0.3, -0.25) is 9.59 Å². The van der Waals surface area contributed by atoms with Crippen LogP contribution in [0.3, 0.4) is 0 Å². The minimum Gasteiger partial charge on any atom is -0.497 e. The van der Waals surface area contributed by atoms with Crippen molar-refractivity contribution >= 4 is 23.4 Å². The van der Waals surface area contributed by atoms with Crippen molar-refractivity contribution in [1.29, 1.82) is 0 Å². The maximum atomic E-state index is 13.1. The van der Waals surface area contributed by atoms with Gasteiger partial charge in [0.1, 0.15) is 11.5 Å². The minimum atomic E-state index is -0.388. The maximum absolute atomic E-state index is 13.1. The van der Waals surface area contributed by atoms with Crippen molar-refractivity contribution in [2.75, 3.05) is 33.9 Å². The molecule has 2 atom stereocenters. The van der Waals surface area contributed by atoms with Crippen LogP contribution in [0.1, 0.15) is 35.2 Å². The van der Waals surface area contributed by atoms with Gasteiger partial charge in [0.15, 0.2) is 0 Å². The third-order valence-corrected chi connectivity index (χ3v) is 5.64. The van der Waals surface area contributed by atoms with E-state index in [0.717, 1.165) is 12.0 Å². The Hall–Kier alpha value is -2.73. The molecule has 7 heteroatoms. The molecule has 1 saturated heterocycles. The lowest BCUT2D eigenvalue weighted by Gasteiger charge is -2.21. The van der Waals surface area contributed by atoms with Gasteiger partial charge < -0.3 is 19.7 Å². The molecule has 0 aromatic heterocycles. The van der Waals surface area contributed by atoms with Crippen LogP contribution >= 0.6 is 11.6 Å². The van der Waals surface area contributed by atoms with Crippen molar-refractivity contribution < 1.29 is 19.1 Å². The van der Waals surface area contributed by atoms with E-state index in [-0.39, 0.29) is 23.7 Å². The Morgan fingerprint density at radius 3 is 2.60 bits per heavy atom. The first kappa shape index (κ1) is 22.0. The molecular weight excluding hydrogens is 404 g/mol. The molecule has 2 aromatic carbocycles. The molecule has 2 aromatic rings. The van der Waals surface area contributed by atoms with Crippen LogP contribution in [0.25, 0.3) is 0 Å². The molecule has 6 nitrogen and oxygen atoms in total. The van der Waals surface area contributed by atoms with Gasteiger partial charge in [0.05, 0.1) is 20.1 Å². The summed E-state index contributed by atoms with van der Waals surface area (Å²) in [5.74, 6) is 0.545. The standard InChI is InChI=1S/C23H27ClN2O4/c1-4-10-25-22(27)20-14-26(23(28)15-6-5-7-16(24)11-15)13-19(20)18-12-17(29-2)8-9-21(18)30-3/h5-9,11-12,19-20H,4,10,13-14H2,1-3H3,(H,25,27)/t19-,20+/m1/s1. The van der Waals surface area contributed by atoms with E-state index in [1.807, 2.05) is 25.1 Å². The summed E-state index contributed by atoms with van der Waals surface area (Å²) in [6.07, 6.45) is 0.844. The van der Waals surface area contributed by atoms with E-state index < -0.39 is 0 Å². The molecule has 1 heterocycles. The number of amides is 2. The number of likely N-dealkylation sites (tertiary alicyclic amines) is 1. The fourth-order valence-electron chi connectivity index (χ4n) is 3.86. The number of hydrogen-bond acceptors (Lipinski definition) is 4. The summed E-state index contributed by atoms with van der Waals surface area (Å²) >= 11 is 6.06. The molecule has 0 radical (unpaired) electrons. The quantitative estimate of drug-likeness (QED) is 0.726.